The van der Waals surface area contributed by atoms with Gasteiger partial charge in [0, 0.05) is 26.6 Å². The molecule has 2 aromatic carbocycles. The van der Waals surface area contributed by atoms with Gasteiger partial charge < -0.3 is 9.64 Å². The zero-order valence-electron chi connectivity index (χ0n) is 15.0. The lowest BCUT2D eigenvalue weighted by atomic mass is 10.1. The second-order valence-electron chi connectivity index (χ2n) is 5.81. The molecule has 7 heteroatoms. The Morgan fingerprint density at radius 2 is 1.69 bits per heavy atom. The molecule has 140 valence electrons. The standard InChI is InChI=1S/C19H24N2O4S/c1-16(22)21(14-12-17-8-10-18(25-2)11-9-17)15-13-20-26(23,24)19-6-4-3-5-7-19/h3-11,20H,12-15H2,1-2H3. The summed E-state index contributed by atoms with van der Waals surface area (Å²) in [5.41, 5.74) is 1.09. The van der Waals surface area contributed by atoms with Gasteiger partial charge in [0.25, 0.3) is 0 Å². The highest BCUT2D eigenvalue weighted by molar-refractivity contribution is 7.89. The molecule has 0 unspecified atom stereocenters. The van der Waals surface area contributed by atoms with Gasteiger partial charge >= 0.3 is 0 Å². The van der Waals surface area contributed by atoms with E-state index in [4.69, 9.17) is 4.74 Å². The van der Waals surface area contributed by atoms with E-state index in [0.717, 1.165) is 11.3 Å². The van der Waals surface area contributed by atoms with Gasteiger partial charge in [0.05, 0.1) is 12.0 Å². The summed E-state index contributed by atoms with van der Waals surface area (Å²) in [6.45, 7) is 2.49. The molecule has 26 heavy (non-hydrogen) atoms. The Kier molecular flexibility index (Phi) is 7.17. The van der Waals surface area contributed by atoms with Crippen molar-refractivity contribution in [1.29, 1.82) is 0 Å². The zero-order chi connectivity index (χ0) is 19.0. The maximum Gasteiger partial charge on any atom is 0.240 e. The highest BCUT2D eigenvalue weighted by Crippen LogP contribution is 2.12. The van der Waals surface area contributed by atoms with E-state index < -0.39 is 10.0 Å². The van der Waals surface area contributed by atoms with E-state index in [-0.39, 0.29) is 17.3 Å². The van der Waals surface area contributed by atoms with Gasteiger partial charge in [-0.25, -0.2) is 13.1 Å². The van der Waals surface area contributed by atoms with Crippen molar-refractivity contribution in [3.63, 3.8) is 0 Å². The predicted octanol–water partition coefficient (Wildman–Crippen LogP) is 2.06. The van der Waals surface area contributed by atoms with Crippen LogP contribution in [0.5, 0.6) is 5.75 Å². The molecule has 0 atom stereocenters. The number of hydrogen-bond acceptors (Lipinski definition) is 4. The largest absolute Gasteiger partial charge is 0.497 e. The van der Waals surface area contributed by atoms with E-state index in [9.17, 15) is 13.2 Å². The molecule has 0 saturated carbocycles. The monoisotopic (exact) mass is 376 g/mol. The van der Waals surface area contributed by atoms with Crippen molar-refractivity contribution in [3.8, 4) is 5.75 Å². The minimum atomic E-state index is -3.56. The second-order valence-corrected chi connectivity index (χ2v) is 7.58. The quantitative estimate of drug-likeness (QED) is 0.727. The van der Waals surface area contributed by atoms with Crippen LogP contribution >= 0.6 is 0 Å². The van der Waals surface area contributed by atoms with E-state index in [2.05, 4.69) is 4.72 Å². The van der Waals surface area contributed by atoms with Crippen LogP contribution in [0.2, 0.25) is 0 Å². The third kappa shape index (κ3) is 5.86. The summed E-state index contributed by atoms with van der Waals surface area (Å²) < 4.78 is 32.1. The fourth-order valence-electron chi connectivity index (χ4n) is 2.48. The minimum absolute atomic E-state index is 0.0857. The number of methoxy groups -OCH3 is 1. The zero-order valence-corrected chi connectivity index (χ0v) is 15.8. The average molecular weight is 376 g/mol. The third-order valence-corrected chi connectivity index (χ3v) is 5.48. The molecule has 1 amide bonds. The Labute approximate surface area is 154 Å². The number of sulfonamides is 1. The first-order valence-electron chi connectivity index (χ1n) is 8.35. The smallest absolute Gasteiger partial charge is 0.240 e. The maximum atomic E-state index is 12.2. The molecule has 0 aliphatic heterocycles. The summed E-state index contributed by atoms with van der Waals surface area (Å²) in [4.78, 5) is 13.7. The molecular weight excluding hydrogens is 352 g/mol. The van der Waals surface area contributed by atoms with Crippen LogP contribution in [-0.2, 0) is 21.2 Å². The molecule has 1 N–H and O–H groups in total. The maximum absolute atomic E-state index is 12.2. The predicted molar refractivity (Wildman–Crippen MR) is 101 cm³/mol. The fourth-order valence-corrected chi connectivity index (χ4v) is 3.52. The number of carbonyl (C=O) groups excluding carboxylic acids is 1. The summed E-state index contributed by atoms with van der Waals surface area (Å²) in [6.07, 6.45) is 0.689. The molecular formula is C19H24N2O4S. The normalized spacial score (nSPS) is 11.2. The van der Waals surface area contributed by atoms with Gasteiger partial charge in [-0.2, -0.15) is 0 Å². The number of hydrogen-bond donors (Lipinski definition) is 1. The SMILES string of the molecule is COc1ccc(CCN(CCNS(=O)(=O)c2ccccc2)C(C)=O)cc1. The Morgan fingerprint density at radius 1 is 1.04 bits per heavy atom. The van der Waals surface area contributed by atoms with Crippen molar-refractivity contribution >= 4 is 15.9 Å². The lowest BCUT2D eigenvalue weighted by molar-refractivity contribution is -0.128. The van der Waals surface area contributed by atoms with Crippen LogP contribution in [0.25, 0.3) is 0 Å². The van der Waals surface area contributed by atoms with Crippen LogP contribution in [0, 0.1) is 0 Å². The van der Waals surface area contributed by atoms with E-state index in [1.54, 1.807) is 30.2 Å². The molecule has 6 nitrogen and oxygen atoms in total. The van der Waals surface area contributed by atoms with Crippen LogP contribution in [0.3, 0.4) is 0 Å². The van der Waals surface area contributed by atoms with Gasteiger partial charge in [-0.05, 0) is 36.2 Å². The van der Waals surface area contributed by atoms with Gasteiger partial charge in [0.1, 0.15) is 5.75 Å². The summed E-state index contributed by atoms with van der Waals surface area (Å²) in [7, 11) is -1.94. The van der Waals surface area contributed by atoms with Gasteiger partial charge in [0.15, 0.2) is 0 Å². The lowest BCUT2D eigenvalue weighted by Gasteiger charge is -2.21. The van der Waals surface area contributed by atoms with Crippen molar-refractivity contribution < 1.29 is 17.9 Å². The van der Waals surface area contributed by atoms with Crippen molar-refractivity contribution in [2.45, 2.75) is 18.2 Å². The first-order valence-corrected chi connectivity index (χ1v) is 9.84. The van der Waals surface area contributed by atoms with E-state index in [1.807, 2.05) is 24.3 Å². The second kappa shape index (κ2) is 9.35. The number of nitrogens with zero attached hydrogens (tertiary/aromatic N) is 1. The Bertz CT molecular complexity index is 805. The van der Waals surface area contributed by atoms with E-state index in [0.29, 0.717) is 19.5 Å². The highest BCUT2D eigenvalue weighted by atomic mass is 32.2. The topological polar surface area (TPSA) is 75.7 Å². The first kappa shape index (κ1) is 19.9. The Morgan fingerprint density at radius 3 is 2.27 bits per heavy atom. The summed E-state index contributed by atoms with van der Waals surface area (Å²) in [5.74, 6) is 0.699. The number of carbonyl (C=O) groups is 1. The summed E-state index contributed by atoms with van der Waals surface area (Å²) in [5, 5.41) is 0. The van der Waals surface area contributed by atoms with Crippen LogP contribution in [-0.4, -0.2) is 46.0 Å². The lowest BCUT2D eigenvalue weighted by Crippen LogP contribution is -2.38. The molecule has 0 bridgehead atoms. The third-order valence-electron chi connectivity index (χ3n) is 4.00. The number of amides is 1. The molecule has 0 spiro atoms. The Hall–Kier alpha value is -2.38. The van der Waals surface area contributed by atoms with E-state index in [1.165, 1.54) is 19.1 Å². The molecule has 0 aromatic heterocycles. The number of nitrogens with one attached hydrogen (secondary N) is 1. The summed E-state index contributed by atoms with van der Waals surface area (Å²) in [6, 6.07) is 15.8. The van der Waals surface area contributed by atoms with Gasteiger partial charge in [-0.1, -0.05) is 30.3 Å². The molecule has 2 aromatic rings. The average Bonchev–Trinajstić information content (AvgIpc) is 2.65. The Balaban J connectivity index is 1.87. The van der Waals surface area contributed by atoms with Crippen LogP contribution in [0.15, 0.2) is 59.5 Å². The highest BCUT2D eigenvalue weighted by Gasteiger charge is 2.14. The molecule has 0 radical (unpaired) electrons. The molecule has 0 saturated heterocycles. The number of ether oxygens (including phenoxy) is 1. The summed E-state index contributed by atoms with van der Waals surface area (Å²) >= 11 is 0. The van der Waals surface area contributed by atoms with Crippen molar-refractivity contribution in [3.05, 3.63) is 60.2 Å². The van der Waals surface area contributed by atoms with Crippen molar-refractivity contribution in [2.24, 2.45) is 0 Å². The van der Waals surface area contributed by atoms with Gasteiger partial charge in [-0.15, -0.1) is 0 Å². The van der Waals surface area contributed by atoms with Gasteiger partial charge in [0.2, 0.25) is 15.9 Å². The van der Waals surface area contributed by atoms with E-state index >= 15 is 0 Å². The number of rotatable bonds is 9. The minimum Gasteiger partial charge on any atom is -0.497 e. The molecule has 0 aliphatic carbocycles. The van der Waals surface area contributed by atoms with Crippen LogP contribution in [0.4, 0.5) is 0 Å². The molecule has 2 rings (SSSR count). The van der Waals surface area contributed by atoms with Crippen LogP contribution < -0.4 is 9.46 Å². The molecule has 0 fully saturated rings. The molecule has 0 heterocycles. The van der Waals surface area contributed by atoms with Gasteiger partial charge in [-0.3, -0.25) is 4.79 Å². The van der Waals surface area contributed by atoms with Crippen LogP contribution in [0.1, 0.15) is 12.5 Å². The van der Waals surface area contributed by atoms with Crippen molar-refractivity contribution in [2.75, 3.05) is 26.7 Å². The molecule has 0 aliphatic rings. The van der Waals surface area contributed by atoms with Crippen molar-refractivity contribution in [1.82, 2.24) is 9.62 Å². The first-order chi connectivity index (χ1) is 12.4. The number of benzene rings is 2. The fraction of sp³-hybridized carbons (Fsp3) is 0.316.